The highest BCUT2D eigenvalue weighted by Crippen LogP contribution is 2.23. The Morgan fingerprint density at radius 3 is 2.46 bits per heavy atom. The van der Waals surface area contributed by atoms with Gasteiger partial charge in [-0.1, -0.05) is 70.5 Å². The van der Waals surface area contributed by atoms with Crippen LogP contribution in [0.3, 0.4) is 0 Å². The van der Waals surface area contributed by atoms with Crippen LogP contribution in [0, 0.1) is 12.3 Å². The lowest BCUT2D eigenvalue weighted by Gasteiger charge is -2.41. The van der Waals surface area contributed by atoms with Gasteiger partial charge in [0.05, 0.1) is 13.0 Å². The van der Waals surface area contributed by atoms with Crippen LogP contribution in [0.4, 0.5) is 0 Å². The van der Waals surface area contributed by atoms with E-state index in [1.807, 2.05) is 0 Å². The van der Waals surface area contributed by atoms with Crippen molar-refractivity contribution in [2.45, 2.75) is 30.8 Å². The Morgan fingerprint density at radius 1 is 1.11 bits per heavy atom. The van der Waals surface area contributed by atoms with Crippen LogP contribution in [0.25, 0.3) is 0 Å². The maximum absolute atomic E-state index is 13.3. The molecule has 10 heteroatoms. The Labute approximate surface area is 224 Å². The highest BCUT2D eigenvalue weighted by molar-refractivity contribution is 6.35. The van der Waals surface area contributed by atoms with Gasteiger partial charge in [0.2, 0.25) is 17.7 Å². The van der Waals surface area contributed by atoms with Gasteiger partial charge in [0.25, 0.3) is 0 Å². The third-order valence-electron chi connectivity index (χ3n) is 5.60. The molecule has 1 aliphatic heterocycles. The molecule has 1 N–H and O–H groups in total. The van der Waals surface area contributed by atoms with Crippen molar-refractivity contribution >= 4 is 64.1 Å². The van der Waals surface area contributed by atoms with Crippen molar-refractivity contribution in [3.63, 3.8) is 0 Å². The third-order valence-corrected chi connectivity index (χ3v) is 6.83. The van der Waals surface area contributed by atoms with Crippen LogP contribution in [0.1, 0.15) is 17.5 Å². The van der Waals surface area contributed by atoms with Crippen LogP contribution in [0.5, 0.6) is 0 Å². The molecule has 0 saturated carbocycles. The third kappa shape index (κ3) is 7.28. The largest absolute Gasteiger partial charge is 0.356 e. The minimum atomic E-state index is -1.04. The zero-order valence-corrected chi connectivity index (χ0v) is 21.7. The fourth-order valence-electron chi connectivity index (χ4n) is 3.78. The van der Waals surface area contributed by atoms with Gasteiger partial charge in [0, 0.05) is 28.0 Å². The summed E-state index contributed by atoms with van der Waals surface area (Å²) in [4.78, 5) is 41.3. The summed E-state index contributed by atoms with van der Waals surface area (Å²) in [6.07, 6.45) is 5.97. The Morgan fingerprint density at radius 2 is 1.80 bits per heavy atom. The molecule has 1 saturated heterocycles. The van der Waals surface area contributed by atoms with Gasteiger partial charge in [0.1, 0.15) is 18.1 Å². The Balaban J connectivity index is 1.65. The average molecular weight is 555 g/mol. The number of alkyl halides is 1. The molecular weight excluding hydrogens is 532 g/mol. The smallest absolute Gasteiger partial charge is 0.247 e. The van der Waals surface area contributed by atoms with Gasteiger partial charge in [-0.15, -0.1) is 6.42 Å². The van der Waals surface area contributed by atoms with Crippen molar-refractivity contribution in [1.82, 2.24) is 15.1 Å². The number of terminal acetylenes is 1. The summed E-state index contributed by atoms with van der Waals surface area (Å²) in [5, 5.41) is 4.38. The molecule has 0 radical (unpaired) electrons. The summed E-state index contributed by atoms with van der Waals surface area (Å²) in [6.45, 7) is -0.00106. The zero-order valence-electron chi connectivity index (χ0n) is 18.6. The molecule has 2 aromatic rings. The lowest BCUT2D eigenvalue weighted by atomic mass is 10.0. The predicted molar refractivity (Wildman–Crippen MR) is 139 cm³/mol. The maximum atomic E-state index is 13.3. The van der Waals surface area contributed by atoms with Crippen molar-refractivity contribution in [2.75, 3.05) is 19.6 Å². The summed E-state index contributed by atoms with van der Waals surface area (Å²) in [5.41, 5.74) is 0.904. The molecule has 2 unspecified atom stereocenters. The second-order valence-corrected chi connectivity index (χ2v) is 9.80. The summed E-state index contributed by atoms with van der Waals surface area (Å²) < 4.78 is 0. The molecule has 0 aromatic heterocycles. The van der Waals surface area contributed by atoms with E-state index in [4.69, 9.17) is 52.8 Å². The van der Waals surface area contributed by atoms with Gasteiger partial charge in [-0.05, 0) is 41.8 Å². The van der Waals surface area contributed by atoms with E-state index < -0.39 is 23.4 Å². The number of carbonyl (C=O) groups is 3. The molecule has 184 valence electrons. The zero-order chi connectivity index (χ0) is 25.5. The molecule has 1 heterocycles. The monoisotopic (exact) mass is 553 g/mol. The fraction of sp³-hybridized carbons (Fsp3) is 0.320. The number of rotatable bonds is 9. The number of hydrogen-bond acceptors (Lipinski definition) is 3. The number of hydrogen-bond donors (Lipinski definition) is 1. The van der Waals surface area contributed by atoms with E-state index in [2.05, 4.69) is 11.2 Å². The van der Waals surface area contributed by atoms with Crippen molar-refractivity contribution in [3.8, 4) is 12.3 Å². The van der Waals surface area contributed by atoms with E-state index in [-0.39, 0.29) is 25.4 Å². The Bertz CT molecular complexity index is 1130. The number of nitrogens with one attached hydrogen (secondary N) is 1. The topological polar surface area (TPSA) is 69.7 Å². The van der Waals surface area contributed by atoms with E-state index >= 15 is 0 Å². The summed E-state index contributed by atoms with van der Waals surface area (Å²) >= 11 is 24.5. The first kappa shape index (κ1) is 27.2. The number of piperazine rings is 1. The predicted octanol–water partition coefficient (Wildman–Crippen LogP) is 4.18. The number of nitrogens with zero attached hydrogens (tertiary/aromatic N) is 2. The van der Waals surface area contributed by atoms with E-state index in [1.165, 1.54) is 9.80 Å². The first-order chi connectivity index (χ1) is 16.7. The van der Waals surface area contributed by atoms with Crippen LogP contribution in [0.15, 0.2) is 42.5 Å². The van der Waals surface area contributed by atoms with Crippen LogP contribution < -0.4 is 5.32 Å². The maximum Gasteiger partial charge on any atom is 0.247 e. The normalized spacial score (nSPS) is 16.7. The number of benzene rings is 2. The Kier molecular flexibility index (Phi) is 9.71. The van der Waals surface area contributed by atoms with E-state index in [9.17, 15) is 14.4 Å². The van der Waals surface area contributed by atoms with Crippen LogP contribution in [-0.4, -0.2) is 58.7 Å². The minimum Gasteiger partial charge on any atom is -0.356 e. The Hall–Kier alpha value is -2.43. The van der Waals surface area contributed by atoms with Gasteiger partial charge in [0.15, 0.2) is 0 Å². The second-order valence-electron chi connectivity index (χ2n) is 8.01. The first-order valence-electron chi connectivity index (χ1n) is 10.8. The lowest BCUT2D eigenvalue weighted by molar-refractivity contribution is -0.157. The van der Waals surface area contributed by atoms with Crippen LogP contribution in [0.2, 0.25) is 15.1 Å². The molecule has 2 atom stereocenters. The van der Waals surface area contributed by atoms with Gasteiger partial charge < -0.3 is 15.1 Å². The van der Waals surface area contributed by atoms with Crippen molar-refractivity contribution in [3.05, 3.63) is 68.7 Å². The number of halogens is 4. The van der Waals surface area contributed by atoms with Crippen LogP contribution >= 0.6 is 46.4 Å². The standard InChI is InChI=1S/C25H23Cl4N3O3/c1-2-11-31-21(14-23(33)30-10-9-17-5-8-19(27)13-20(17)28)25(35)32(15-24(31)34)22(29)12-16-3-6-18(26)7-4-16/h1,3-8,13,21-22H,9-12,14-15H2,(H,30,33). The lowest BCUT2D eigenvalue weighted by Crippen LogP contribution is -2.62. The summed E-state index contributed by atoms with van der Waals surface area (Å²) in [5.74, 6) is 1.20. The van der Waals surface area contributed by atoms with Crippen molar-refractivity contribution in [1.29, 1.82) is 0 Å². The van der Waals surface area contributed by atoms with Crippen molar-refractivity contribution in [2.24, 2.45) is 0 Å². The number of carbonyl (C=O) groups excluding carboxylic acids is 3. The molecule has 1 fully saturated rings. The van der Waals surface area contributed by atoms with E-state index in [1.54, 1.807) is 42.5 Å². The highest BCUT2D eigenvalue weighted by atomic mass is 35.5. The summed E-state index contributed by atoms with van der Waals surface area (Å²) in [7, 11) is 0. The molecule has 3 amide bonds. The molecule has 3 rings (SSSR count). The highest BCUT2D eigenvalue weighted by Gasteiger charge is 2.42. The number of amides is 3. The van der Waals surface area contributed by atoms with Gasteiger partial charge in [-0.3, -0.25) is 14.4 Å². The van der Waals surface area contributed by atoms with Gasteiger partial charge in [-0.25, -0.2) is 0 Å². The average Bonchev–Trinajstić information content (AvgIpc) is 2.81. The molecule has 2 aromatic carbocycles. The molecule has 6 nitrogen and oxygen atoms in total. The van der Waals surface area contributed by atoms with Crippen molar-refractivity contribution < 1.29 is 14.4 Å². The molecule has 35 heavy (non-hydrogen) atoms. The second kappa shape index (κ2) is 12.5. The van der Waals surface area contributed by atoms with Gasteiger partial charge in [-0.2, -0.15) is 0 Å². The summed E-state index contributed by atoms with van der Waals surface area (Å²) in [6, 6.07) is 11.1. The molecular formula is C25H23Cl4N3O3. The quantitative estimate of drug-likeness (QED) is 0.287. The fourth-order valence-corrected chi connectivity index (χ4v) is 4.75. The first-order valence-corrected chi connectivity index (χ1v) is 12.4. The molecule has 0 spiro atoms. The molecule has 1 aliphatic rings. The van der Waals surface area contributed by atoms with E-state index in [0.29, 0.717) is 34.5 Å². The van der Waals surface area contributed by atoms with E-state index in [0.717, 1.165) is 11.1 Å². The SMILES string of the molecule is C#CCN1C(=O)CN(C(Cl)Cc2ccc(Cl)cc2)C(=O)C1CC(=O)NCCc1ccc(Cl)cc1Cl. The minimum absolute atomic E-state index is 0.0825. The van der Waals surface area contributed by atoms with Crippen LogP contribution in [-0.2, 0) is 27.2 Å². The van der Waals surface area contributed by atoms with Gasteiger partial charge >= 0.3 is 0 Å². The molecule has 0 aliphatic carbocycles. The molecule has 0 bridgehead atoms.